The first-order valence-electron chi connectivity index (χ1n) is 7.92. The standard InChI is InChI=1S/C16H22N4O4S2/c1-10(2)24-12-9-7-6-8-11(12)20-26(22,23)15-19-18-14(25-15)17-13(21)16(3,4)5/h6-10,20H,1-5H3,(H,17,18,21). The van der Waals surface area contributed by atoms with E-state index in [-0.39, 0.29) is 21.5 Å². The summed E-state index contributed by atoms with van der Waals surface area (Å²) in [6, 6.07) is 6.71. The van der Waals surface area contributed by atoms with Crippen LogP contribution in [0.5, 0.6) is 5.75 Å². The van der Waals surface area contributed by atoms with Crippen molar-refractivity contribution in [3.05, 3.63) is 24.3 Å². The van der Waals surface area contributed by atoms with Crippen molar-refractivity contribution in [3.8, 4) is 5.75 Å². The Hall–Kier alpha value is -2.20. The van der Waals surface area contributed by atoms with Crippen LogP contribution in [-0.2, 0) is 14.8 Å². The monoisotopic (exact) mass is 398 g/mol. The smallest absolute Gasteiger partial charge is 0.291 e. The number of hydrogen-bond donors (Lipinski definition) is 2. The topological polar surface area (TPSA) is 110 Å². The number of carbonyl (C=O) groups is 1. The fourth-order valence-corrected chi connectivity index (χ4v) is 3.72. The molecule has 1 aromatic carbocycles. The number of hydrogen-bond acceptors (Lipinski definition) is 7. The second-order valence-electron chi connectivity index (χ2n) is 6.85. The minimum atomic E-state index is -3.96. The molecule has 0 fully saturated rings. The van der Waals surface area contributed by atoms with Gasteiger partial charge in [-0.25, -0.2) is 0 Å². The lowest BCUT2D eigenvalue weighted by Gasteiger charge is -2.15. The minimum Gasteiger partial charge on any atom is -0.489 e. The van der Waals surface area contributed by atoms with Gasteiger partial charge < -0.3 is 10.1 Å². The van der Waals surface area contributed by atoms with E-state index in [1.54, 1.807) is 45.0 Å². The molecule has 8 nitrogen and oxygen atoms in total. The molecule has 0 saturated carbocycles. The lowest BCUT2D eigenvalue weighted by molar-refractivity contribution is -0.123. The zero-order chi connectivity index (χ0) is 19.5. The molecule has 1 amide bonds. The van der Waals surface area contributed by atoms with E-state index in [4.69, 9.17) is 4.74 Å². The molecule has 142 valence electrons. The number of amides is 1. The molecule has 0 bridgehead atoms. The quantitative estimate of drug-likeness (QED) is 0.724. The SMILES string of the molecule is CC(C)Oc1ccccc1NS(=O)(=O)c1nnc(NC(=O)C(C)(C)C)s1. The molecular weight excluding hydrogens is 376 g/mol. The molecule has 1 aromatic heterocycles. The molecule has 0 saturated heterocycles. The summed E-state index contributed by atoms with van der Waals surface area (Å²) >= 11 is 0.778. The third kappa shape index (κ3) is 5.15. The molecule has 0 aliphatic carbocycles. The van der Waals surface area contributed by atoms with Crippen LogP contribution in [0.15, 0.2) is 28.6 Å². The predicted octanol–water partition coefficient (Wildman–Crippen LogP) is 3.11. The van der Waals surface area contributed by atoms with Gasteiger partial charge in [-0.05, 0) is 26.0 Å². The highest BCUT2D eigenvalue weighted by atomic mass is 32.2. The number of aromatic nitrogens is 2. The number of nitrogens with one attached hydrogen (secondary N) is 2. The zero-order valence-electron chi connectivity index (χ0n) is 15.2. The third-order valence-electron chi connectivity index (χ3n) is 3.03. The van der Waals surface area contributed by atoms with Crippen molar-refractivity contribution in [2.45, 2.75) is 45.1 Å². The Labute approximate surface area is 157 Å². The van der Waals surface area contributed by atoms with Crippen LogP contribution in [0.25, 0.3) is 0 Å². The van der Waals surface area contributed by atoms with Gasteiger partial charge in [0.2, 0.25) is 11.0 Å². The van der Waals surface area contributed by atoms with Crippen LogP contribution in [0.3, 0.4) is 0 Å². The van der Waals surface area contributed by atoms with Crippen molar-refractivity contribution in [1.82, 2.24) is 10.2 Å². The summed E-state index contributed by atoms with van der Waals surface area (Å²) in [7, 11) is -3.96. The van der Waals surface area contributed by atoms with Crippen LogP contribution in [-0.4, -0.2) is 30.6 Å². The number of carbonyl (C=O) groups excluding carboxylic acids is 1. The van der Waals surface area contributed by atoms with Gasteiger partial charge in [-0.15, -0.1) is 10.2 Å². The molecule has 26 heavy (non-hydrogen) atoms. The maximum absolute atomic E-state index is 12.6. The number of para-hydroxylation sites is 2. The highest BCUT2D eigenvalue weighted by Gasteiger charge is 2.25. The van der Waals surface area contributed by atoms with Gasteiger partial charge in [-0.3, -0.25) is 9.52 Å². The Kier molecular flexibility index (Phi) is 5.87. The van der Waals surface area contributed by atoms with Gasteiger partial charge in [0, 0.05) is 5.41 Å². The molecule has 2 aromatic rings. The Morgan fingerprint density at radius 3 is 2.46 bits per heavy atom. The van der Waals surface area contributed by atoms with Gasteiger partial charge in [-0.2, -0.15) is 8.42 Å². The van der Waals surface area contributed by atoms with Gasteiger partial charge in [0.25, 0.3) is 14.4 Å². The zero-order valence-corrected chi connectivity index (χ0v) is 16.9. The summed E-state index contributed by atoms with van der Waals surface area (Å²) in [6.45, 7) is 8.93. The first kappa shape index (κ1) is 20.1. The van der Waals surface area contributed by atoms with Crippen LogP contribution in [0, 0.1) is 5.41 Å². The average Bonchev–Trinajstić information content (AvgIpc) is 2.97. The number of ether oxygens (including phenoxy) is 1. The van der Waals surface area contributed by atoms with E-state index >= 15 is 0 Å². The lowest BCUT2D eigenvalue weighted by Crippen LogP contribution is -2.27. The number of sulfonamides is 1. The van der Waals surface area contributed by atoms with E-state index in [9.17, 15) is 13.2 Å². The van der Waals surface area contributed by atoms with E-state index in [0.717, 1.165) is 11.3 Å². The lowest BCUT2D eigenvalue weighted by atomic mass is 9.96. The van der Waals surface area contributed by atoms with Crippen molar-refractivity contribution < 1.29 is 17.9 Å². The van der Waals surface area contributed by atoms with E-state index < -0.39 is 15.4 Å². The van der Waals surface area contributed by atoms with Crippen LogP contribution in [0.2, 0.25) is 0 Å². The predicted molar refractivity (Wildman–Crippen MR) is 101 cm³/mol. The second-order valence-corrected chi connectivity index (χ2v) is 9.68. The molecule has 10 heteroatoms. The van der Waals surface area contributed by atoms with Crippen LogP contribution >= 0.6 is 11.3 Å². The second kappa shape index (κ2) is 7.58. The molecule has 0 radical (unpaired) electrons. The van der Waals surface area contributed by atoms with E-state index in [0.29, 0.717) is 11.4 Å². The van der Waals surface area contributed by atoms with Gasteiger partial charge in [-0.1, -0.05) is 44.2 Å². The van der Waals surface area contributed by atoms with E-state index in [1.807, 2.05) is 13.8 Å². The fourth-order valence-electron chi connectivity index (χ4n) is 1.75. The number of nitrogens with zero attached hydrogens (tertiary/aromatic N) is 2. The van der Waals surface area contributed by atoms with Gasteiger partial charge >= 0.3 is 0 Å². The number of anilines is 2. The molecule has 0 atom stereocenters. The van der Waals surface area contributed by atoms with Gasteiger partial charge in [0.05, 0.1) is 11.8 Å². The molecular formula is C16H22N4O4S2. The maximum Gasteiger partial charge on any atom is 0.291 e. The summed E-state index contributed by atoms with van der Waals surface area (Å²) in [4.78, 5) is 12.0. The Morgan fingerprint density at radius 2 is 1.85 bits per heavy atom. The van der Waals surface area contributed by atoms with Gasteiger partial charge in [0.15, 0.2) is 0 Å². The normalized spacial score (nSPS) is 12.1. The fraction of sp³-hybridized carbons (Fsp3) is 0.438. The summed E-state index contributed by atoms with van der Waals surface area (Å²) in [6.07, 6.45) is -0.110. The molecule has 2 rings (SSSR count). The first-order chi connectivity index (χ1) is 12.0. The summed E-state index contributed by atoms with van der Waals surface area (Å²) in [5, 5.41) is 10.1. The maximum atomic E-state index is 12.6. The summed E-state index contributed by atoms with van der Waals surface area (Å²) in [5.41, 5.74) is -0.326. The molecule has 1 heterocycles. The third-order valence-corrected chi connectivity index (χ3v) is 5.60. The van der Waals surface area contributed by atoms with Crippen molar-refractivity contribution in [1.29, 1.82) is 0 Å². The van der Waals surface area contributed by atoms with E-state index in [1.165, 1.54) is 0 Å². The van der Waals surface area contributed by atoms with Crippen molar-refractivity contribution in [3.63, 3.8) is 0 Å². The molecule has 0 spiro atoms. The highest BCUT2D eigenvalue weighted by Crippen LogP contribution is 2.29. The largest absolute Gasteiger partial charge is 0.489 e. The average molecular weight is 399 g/mol. The van der Waals surface area contributed by atoms with Crippen molar-refractivity contribution in [2.24, 2.45) is 5.41 Å². The Bertz CT molecular complexity index is 886. The van der Waals surface area contributed by atoms with Gasteiger partial charge in [0.1, 0.15) is 5.75 Å². The highest BCUT2D eigenvalue weighted by molar-refractivity contribution is 7.94. The Morgan fingerprint density at radius 1 is 1.19 bits per heavy atom. The van der Waals surface area contributed by atoms with Crippen LogP contribution < -0.4 is 14.8 Å². The summed E-state index contributed by atoms with van der Waals surface area (Å²) in [5.74, 6) is 0.137. The summed E-state index contributed by atoms with van der Waals surface area (Å²) < 4.78 is 32.9. The molecule has 0 aliphatic rings. The van der Waals surface area contributed by atoms with Crippen LogP contribution in [0.4, 0.5) is 10.8 Å². The Balaban J connectivity index is 2.21. The van der Waals surface area contributed by atoms with Crippen LogP contribution in [0.1, 0.15) is 34.6 Å². The van der Waals surface area contributed by atoms with Crippen molar-refractivity contribution >= 4 is 38.1 Å². The molecule has 2 N–H and O–H groups in total. The van der Waals surface area contributed by atoms with Crippen molar-refractivity contribution in [2.75, 3.05) is 10.0 Å². The molecule has 0 aliphatic heterocycles. The number of rotatable bonds is 6. The van der Waals surface area contributed by atoms with E-state index in [2.05, 4.69) is 20.2 Å². The first-order valence-corrected chi connectivity index (χ1v) is 10.2. The minimum absolute atomic E-state index is 0.110. The number of benzene rings is 1. The molecule has 0 unspecified atom stereocenters.